The van der Waals surface area contributed by atoms with Crippen molar-refractivity contribution in [2.45, 2.75) is 25.8 Å². The second kappa shape index (κ2) is 6.42. The number of halogens is 1. The van der Waals surface area contributed by atoms with Crippen molar-refractivity contribution in [3.05, 3.63) is 53.1 Å². The summed E-state index contributed by atoms with van der Waals surface area (Å²) in [6.07, 6.45) is 0.953. The number of hydrogen-bond acceptors (Lipinski definition) is 2. The summed E-state index contributed by atoms with van der Waals surface area (Å²) in [5, 5.41) is 6.24. The Bertz CT molecular complexity index is 773. The van der Waals surface area contributed by atoms with Crippen LogP contribution in [0.5, 0.6) is 0 Å². The third-order valence-electron chi connectivity index (χ3n) is 3.95. The summed E-state index contributed by atoms with van der Waals surface area (Å²) in [7, 11) is 0. The fourth-order valence-corrected chi connectivity index (χ4v) is 2.87. The lowest BCUT2D eigenvalue weighted by Crippen LogP contribution is -2.37. The van der Waals surface area contributed by atoms with Gasteiger partial charge in [-0.3, -0.25) is 9.59 Å². The number of nitrogens with one attached hydrogen (secondary N) is 2. The molecule has 1 aliphatic heterocycles. The van der Waals surface area contributed by atoms with Crippen LogP contribution in [0.2, 0.25) is 5.02 Å². The van der Waals surface area contributed by atoms with Crippen LogP contribution in [0.3, 0.4) is 0 Å². The first-order chi connectivity index (χ1) is 11.0. The van der Waals surface area contributed by atoms with Crippen LogP contribution in [-0.2, 0) is 9.59 Å². The Morgan fingerprint density at radius 1 is 1.22 bits per heavy atom. The number of hydrogen-bond donors (Lipinski definition) is 2. The molecule has 2 amide bonds. The molecule has 0 bridgehead atoms. The molecule has 1 atom stereocenters. The van der Waals surface area contributed by atoms with E-state index in [4.69, 9.17) is 11.6 Å². The lowest BCUT2D eigenvalue weighted by Gasteiger charge is -2.14. The predicted octanol–water partition coefficient (Wildman–Crippen LogP) is 3.53. The van der Waals surface area contributed by atoms with E-state index in [1.807, 2.05) is 49.4 Å². The van der Waals surface area contributed by atoms with Gasteiger partial charge in [-0.15, -0.1) is 0 Å². The minimum absolute atomic E-state index is 0.0711. The monoisotopic (exact) mass is 328 g/mol. The molecule has 118 valence electrons. The SMILES string of the molecule is Cc1cc(-c2cccc(Cl)c2)ccc1NC(=O)[C@@H]1CCC(=O)N1. The first-order valence-electron chi connectivity index (χ1n) is 7.50. The summed E-state index contributed by atoms with van der Waals surface area (Å²) >= 11 is 6.03. The number of aryl methyl sites for hydroxylation is 1. The molecule has 1 fully saturated rings. The Morgan fingerprint density at radius 2 is 2.00 bits per heavy atom. The van der Waals surface area contributed by atoms with Gasteiger partial charge in [-0.1, -0.05) is 29.8 Å². The molecule has 2 aromatic rings. The number of carbonyl (C=O) groups excluding carboxylic acids is 2. The largest absolute Gasteiger partial charge is 0.344 e. The minimum Gasteiger partial charge on any atom is -0.344 e. The molecule has 0 saturated carbocycles. The van der Waals surface area contributed by atoms with Gasteiger partial charge in [-0.25, -0.2) is 0 Å². The number of anilines is 1. The molecule has 0 radical (unpaired) electrons. The van der Waals surface area contributed by atoms with Crippen LogP contribution in [0, 0.1) is 6.92 Å². The molecule has 0 aliphatic carbocycles. The number of benzene rings is 2. The predicted molar refractivity (Wildman–Crippen MR) is 91.4 cm³/mol. The minimum atomic E-state index is -0.436. The second-order valence-corrected chi connectivity index (χ2v) is 6.12. The highest BCUT2D eigenvalue weighted by atomic mass is 35.5. The molecule has 3 rings (SSSR count). The molecule has 5 heteroatoms. The summed E-state index contributed by atoms with van der Waals surface area (Å²) in [6, 6.07) is 13.0. The van der Waals surface area contributed by atoms with Crippen molar-refractivity contribution in [3.63, 3.8) is 0 Å². The molecular formula is C18H17ClN2O2. The number of carbonyl (C=O) groups is 2. The topological polar surface area (TPSA) is 58.2 Å². The van der Waals surface area contributed by atoms with Crippen molar-refractivity contribution in [2.75, 3.05) is 5.32 Å². The van der Waals surface area contributed by atoms with Gasteiger partial charge in [0.15, 0.2) is 0 Å². The zero-order chi connectivity index (χ0) is 16.4. The van der Waals surface area contributed by atoms with E-state index in [0.717, 1.165) is 22.4 Å². The molecular weight excluding hydrogens is 312 g/mol. The molecule has 2 N–H and O–H groups in total. The van der Waals surface area contributed by atoms with E-state index in [0.29, 0.717) is 17.9 Å². The van der Waals surface area contributed by atoms with E-state index < -0.39 is 6.04 Å². The average Bonchev–Trinajstić information content (AvgIpc) is 2.96. The fourth-order valence-electron chi connectivity index (χ4n) is 2.68. The zero-order valence-corrected chi connectivity index (χ0v) is 13.5. The normalized spacial score (nSPS) is 17.0. The zero-order valence-electron chi connectivity index (χ0n) is 12.7. The summed E-state index contributed by atoms with van der Waals surface area (Å²) in [4.78, 5) is 23.4. The standard InChI is InChI=1S/C18H17ClN2O2/c1-11-9-13(12-3-2-4-14(19)10-12)5-6-15(11)21-18(23)16-7-8-17(22)20-16/h2-6,9-10,16H,7-8H2,1H3,(H,20,22)(H,21,23)/t16-/m0/s1. The van der Waals surface area contributed by atoms with Crippen molar-refractivity contribution < 1.29 is 9.59 Å². The Morgan fingerprint density at radius 3 is 2.65 bits per heavy atom. The molecule has 0 aromatic heterocycles. The maximum Gasteiger partial charge on any atom is 0.246 e. The van der Waals surface area contributed by atoms with Gasteiger partial charge in [-0.2, -0.15) is 0 Å². The molecule has 4 nitrogen and oxygen atoms in total. The van der Waals surface area contributed by atoms with Crippen LogP contribution in [0.25, 0.3) is 11.1 Å². The highest BCUT2D eigenvalue weighted by molar-refractivity contribution is 6.30. The lowest BCUT2D eigenvalue weighted by atomic mass is 10.0. The highest BCUT2D eigenvalue weighted by Gasteiger charge is 2.27. The third kappa shape index (κ3) is 3.54. The van der Waals surface area contributed by atoms with E-state index >= 15 is 0 Å². The summed E-state index contributed by atoms with van der Waals surface area (Å²) < 4.78 is 0. The molecule has 1 heterocycles. The van der Waals surface area contributed by atoms with Crippen LogP contribution in [0.4, 0.5) is 5.69 Å². The summed E-state index contributed by atoms with van der Waals surface area (Å²) in [5.74, 6) is -0.243. The van der Waals surface area contributed by atoms with E-state index in [2.05, 4.69) is 10.6 Å². The van der Waals surface area contributed by atoms with Gasteiger partial charge in [0.2, 0.25) is 11.8 Å². The van der Waals surface area contributed by atoms with Gasteiger partial charge < -0.3 is 10.6 Å². The van der Waals surface area contributed by atoms with Crippen LogP contribution in [0.1, 0.15) is 18.4 Å². The van der Waals surface area contributed by atoms with Crippen LogP contribution in [0.15, 0.2) is 42.5 Å². The summed E-state index contributed by atoms with van der Waals surface area (Å²) in [5.41, 5.74) is 3.78. The van der Waals surface area contributed by atoms with Gasteiger partial charge >= 0.3 is 0 Å². The molecule has 2 aromatic carbocycles. The first-order valence-corrected chi connectivity index (χ1v) is 7.87. The van der Waals surface area contributed by atoms with Gasteiger partial charge in [0.1, 0.15) is 6.04 Å². The maximum absolute atomic E-state index is 12.2. The quantitative estimate of drug-likeness (QED) is 0.905. The van der Waals surface area contributed by atoms with E-state index in [-0.39, 0.29) is 11.8 Å². The Kier molecular flexibility index (Phi) is 4.35. The smallest absolute Gasteiger partial charge is 0.246 e. The van der Waals surface area contributed by atoms with E-state index in [1.54, 1.807) is 0 Å². The van der Waals surface area contributed by atoms with Crippen LogP contribution in [-0.4, -0.2) is 17.9 Å². The molecule has 0 spiro atoms. The molecule has 1 saturated heterocycles. The fraction of sp³-hybridized carbons (Fsp3) is 0.222. The van der Waals surface area contributed by atoms with Crippen molar-refractivity contribution >= 4 is 29.1 Å². The Hall–Kier alpha value is -2.33. The van der Waals surface area contributed by atoms with Crippen LogP contribution < -0.4 is 10.6 Å². The van der Waals surface area contributed by atoms with Crippen molar-refractivity contribution in [3.8, 4) is 11.1 Å². The third-order valence-corrected chi connectivity index (χ3v) is 4.19. The first kappa shape index (κ1) is 15.6. The van der Waals surface area contributed by atoms with Crippen molar-refractivity contribution in [1.29, 1.82) is 0 Å². The van der Waals surface area contributed by atoms with Crippen molar-refractivity contribution in [2.24, 2.45) is 0 Å². The molecule has 0 unspecified atom stereocenters. The maximum atomic E-state index is 12.2. The van der Waals surface area contributed by atoms with Gasteiger partial charge in [-0.05, 0) is 54.3 Å². The van der Waals surface area contributed by atoms with Gasteiger partial charge in [0.05, 0.1) is 0 Å². The number of rotatable bonds is 3. The highest BCUT2D eigenvalue weighted by Crippen LogP contribution is 2.27. The Labute approximate surface area is 139 Å². The number of amides is 2. The summed E-state index contributed by atoms with van der Waals surface area (Å²) in [6.45, 7) is 1.94. The molecule has 23 heavy (non-hydrogen) atoms. The Balaban J connectivity index is 1.77. The van der Waals surface area contributed by atoms with Gasteiger partial charge in [0.25, 0.3) is 0 Å². The second-order valence-electron chi connectivity index (χ2n) is 5.69. The van der Waals surface area contributed by atoms with Gasteiger partial charge in [0, 0.05) is 17.1 Å². The van der Waals surface area contributed by atoms with E-state index in [9.17, 15) is 9.59 Å². The van der Waals surface area contributed by atoms with Crippen molar-refractivity contribution in [1.82, 2.24) is 5.32 Å². The average molecular weight is 329 g/mol. The van der Waals surface area contributed by atoms with E-state index in [1.165, 1.54) is 0 Å². The lowest BCUT2D eigenvalue weighted by molar-refractivity contribution is -0.122. The van der Waals surface area contributed by atoms with Crippen LogP contribution >= 0.6 is 11.6 Å². The molecule has 1 aliphatic rings.